The minimum Gasteiger partial charge on any atom is -0.333 e. The molecule has 0 fully saturated rings. The average Bonchev–Trinajstić information content (AvgIpc) is 2.45. The Morgan fingerprint density at radius 1 is 1.29 bits per heavy atom. The molecule has 3 nitrogen and oxygen atoms in total. The largest absolute Gasteiger partial charge is 0.333 e. The van der Waals surface area contributed by atoms with Crippen molar-refractivity contribution < 1.29 is 10.1 Å². The van der Waals surface area contributed by atoms with Crippen LogP contribution in [0.5, 0.6) is 0 Å². The number of nitrogens with one attached hydrogen (secondary N) is 1. The molecular weight excluding hydrogens is 399 g/mol. The maximum Gasteiger partial charge on any atom is 0.279 e. The lowest BCUT2D eigenvalue weighted by molar-refractivity contribution is -0.682. The van der Waals surface area contributed by atoms with E-state index in [4.69, 9.17) is 11.6 Å². The van der Waals surface area contributed by atoms with Gasteiger partial charge in [0.05, 0.1) is 0 Å². The zero-order valence-electron chi connectivity index (χ0n) is 11.6. The van der Waals surface area contributed by atoms with Gasteiger partial charge < -0.3 is 10.6 Å². The van der Waals surface area contributed by atoms with E-state index < -0.39 is 0 Å². The van der Waals surface area contributed by atoms with Gasteiger partial charge in [0.1, 0.15) is 6.04 Å². The third-order valence-electron chi connectivity index (χ3n) is 3.14. The molecule has 5 heteroatoms. The number of halogens is 2. The molecule has 0 aliphatic rings. The second-order valence-corrected chi connectivity index (χ2v) is 6.52. The van der Waals surface area contributed by atoms with E-state index in [0.29, 0.717) is 6.54 Å². The van der Waals surface area contributed by atoms with Crippen LogP contribution in [0.25, 0.3) is 0 Å². The smallest absolute Gasteiger partial charge is 0.279 e. The summed E-state index contributed by atoms with van der Waals surface area (Å²) >= 11 is 8.20. The van der Waals surface area contributed by atoms with Gasteiger partial charge in [-0.2, -0.15) is 0 Å². The van der Waals surface area contributed by atoms with Crippen molar-refractivity contribution in [1.82, 2.24) is 0 Å². The van der Waals surface area contributed by atoms with Crippen molar-refractivity contribution in [2.75, 3.05) is 11.9 Å². The van der Waals surface area contributed by atoms with E-state index in [9.17, 15) is 4.79 Å². The molecule has 2 aromatic rings. The van der Waals surface area contributed by atoms with Crippen molar-refractivity contribution in [2.45, 2.75) is 13.0 Å². The number of hydrogen-bond donors (Lipinski definition) is 2. The molecule has 2 rings (SSSR count). The monoisotopic (exact) mass is 415 g/mol. The molecule has 3 N–H and O–H groups in total. The van der Waals surface area contributed by atoms with Crippen LogP contribution in [0.1, 0.15) is 18.5 Å². The molecule has 1 amide bonds. The lowest BCUT2D eigenvalue weighted by atomic mass is 10.1. The highest BCUT2D eigenvalue weighted by molar-refractivity contribution is 14.1. The summed E-state index contributed by atoms with van der Waals surface area (Å²) < 4.78 is 1.10. The van der Waals surface area contributed by atoms with Gasteiger partial charge in [-0.15, -0.1) is 0 Å². The van der Waals surface area contributed by atoms with Gasteiger partial charge in [-0.1, -0.05) is 29.8 Å². The maximum absolute atomic E-state index is 12.0. The molecule has 21 heavy (non-hydrogen) atoms. The molecule has 0 aliphatic carbocycles. The topological polar surface area (TPSA) is 45.7 Å². The van der Waals surface area contributed by atoms with Crippen LogP contribution in [0.2, 0.25) is 5.02 Å². The first-order valence-electron chi connectivity index (χ1n) is 6.69. The molecule has 110 valence electrons. The summed E-state index contributed by atoms with van der Waals surface area (Å²) in [4.78, 5) is 12.0. The third kappa shape index (κ3) is 5.30. The van der Waals surface area contributed by atoms with Gasteiger partial charge in [-0.3, -0.25) is 4.79 Å². The van der Waals surface area contributed by atoms with Crippen LogP contribution in [0.4, 0.5) is 5.69 Å². The minimum absolute atomic E-state index is 0.00845. The summed E-state index contributed by atoms with van der Waals surface area (Å²) in [6, 6.07) is 15.7. The number of benzene rings is 2. The van der Waals surface area contributed by atoms with Gasteiger partial charge in [0.15, 0.2) is 6.54 Å². The van der Waals surface area contributed by atoms with Crippen molar-refractivity contribution in [3.05, 3.63) is 62.7 Å². The first kappa shape index (κ1) is 16.3. The Hall–Kier alpha value is -1.11. The lowest BCUT2D eigenvalue weighted by Crippen LogP contribution is -2.86. The summed E-state index contributed by atoms with van der Waals surface area (Å²) in [5.74, 6) is -0.00845. The Morgan fingerprint density at radius 2 is 2.05 bits per heavy atom. The van der Waals surface area contributed by atoms with E-state index in [-0.39, 0.29) is 11.9 Å². The van der Waals surface area contributed by atoms with Crippen LogP contribution in [0.3, 0.4) is 0 Å². The Morgan fingerprint density at radius 3 is 2.76 bits per heavy atom. The zero-order valence-corrected chi connectivity index (χ0v) is 14.6. The summed E-state index contributed by atoms with van der Waals surface area (Å²) in [5.41, 5.74) is 1.94. The van der Waals surface area contributed by atoms with Gasteiger partial charge in [0.2, 0.25) is 0 Å². The fraction of sp³-hybridized carbons (Fsp3) is 0.188. The molecule has 0 saturated carbocycles. The van der Waals surface area contributed by atoms with E-state index in [1.54, 1.807) is 0 Å². The van der Waals surface area contributed by atoms with E-state index >= 15 is 0 Å². The van der Waals surface area contributed by atoms with E-state index in [0.717, 1.165) is 19.8 Å². The van der Waals surface area contributed by atoms with Crippen molar-refractivity contribution in [3.8, 4) is 0 Å². The number of hydrogen-bond acceptors (Lipinski definition) is 1. The Bertz CT molecular complexity index is 633. The standard InChI is InChI=1S/C16H16ClIN2O/c1-11(12-4-2-5-13(17)8-12)19-10-16(21)20-15-7-3-6-14(18)9-15/h2-9,11,19H,10H2,1H3,(H,20,21)/p+1/t11-/m1/s1. The van der Waals surface area contributed by atoms with Crippen molar-refractivity contribution in [2.24, 2.45) is 0 Å². The molecule has 0 unspecified atom stereocenters. The minimum atomic E-state index is -0.00845. The van der Waals surface area contributed by atoms with Gasteiger partial charge in [0.25, 0.3) is 5.91 Å². The zero-order chi connectivity index (χ0) is 15.2. The summed E-state index contributed by atoms with van der Waals surface area (Å²) in [7, 11) is 0. The fourth-order valence-corrected chi connectivity index (χ4v) is 2.73. The van der Waals surface area contributed by atoms with E-state index in [2.05, 4.69) is 34.8 Å². The van der Waals surface area contributed by atoms with E-state index in [1.165, 1.54) is 0 Å². The summed E-state index contributed by atoms with van der Waals surface area (Å²) in [5, 5.41) is 5.61. The predicted octanol–water partition coefficient (Wildman–Crippen LogP) is 3.21. The SMILES string of the molecule is C[C@@H]([NH2+]CC(=O)Nc1cccc(I)c1)c1cccc(Cl)c1. The Labute approximate surface area is 143 Å². The Balaban J connectivity index is 1.86. The number of quaternary nitrogens is 1. The van der Waals surface area contributed by atoms with Crippen LogP contribution in [-0.2, 0) is 4.79 Å². The molecule has 0 heterocycles. The number of anilines is 1. The molecule has 0 aliphatic heterocycles. The molecule has 2 aromatic carbocycles. The fourth-order valence-electron chi connectivity index (χ4n) is 1.99. The predicted molar refractivity (Wildman–Crippen MR) is 94.4 cm³/mol. The molecule has 0 radical (unpaired) electrons. The van der Waals surface area contributed by atoms with E-state index in [1.807, 2.05) is 53.8 Å². The Kier molecular flexibility index (Phi) is 6.02. The molecule has 0 spiro atoms. The second-order valence-electron chi connectivity index (χ2n) is 4.84. The quantitative estimate of drug-likeness (QED) is 0.724. The molecule has 0 bridgehead atoms. The lowest BCUT2D eigenvalue weighted by Gasteiger charge is -2.11. The second kappa shape index (κ2) is 7.77. The van der Waals surface area contributed by atoms with Crippen LogP contribution < -0.4 is 10.6 Å². The highest BCUT2D eigenvalue weighted by Crippen LogP contribution is 2.15. The van der Waals surface area contributed by atoms with Crippen LogP contribution in [0.15, 0.2) is 48.5 Å². The van der Waals surface area contributed by atoms with Gasteiger partial charge in [-0.25, -0.2) is 0 Å². The van der Waals surface area contributed by atoms with Gasteiger partial charge in [-0.05, 0) is 59.8 Å². The maximum atomic E-state index is 12.0. The molecular formula is C16H17ClIN2O+. The van der Waals surface area contributed by atoms with Crippen LogP contribution >= 0.6 is 34.2 Å². The first-order valence-corrected chi connectivity index (χ1v) is 8.14. The molecule has 1 atom stereocenters. The highest BCUT2D eigenvalue weighted by Gasteiger charge is 2.12. The first-order chi connectivity index (χ1) is 10.0. The van der Waals surface area contributed by atoms with Gasteiger partial charge in [0, 0.05) is 19.8 Å². The number of carbonyl (C=O) groups is 1. The third-order valence-corrected chi connectivity index (χ3v) is 4.05. The average molecular weight is 416 g/mol. The van der Waals surface area contributed by atoms with Crippen LogP contribution in [-0.4, -0.2) is 12.5 Å². The van der Waals surface area contributed by atoms with Crippen molar-refractivity contribution >= 4 is 45.8 Å². The number of amides is 1. The summed E-state index contributed by atoms with van der Waals surface area (Å²) in [6.07, 6.45) is 0. The number of carbonyl (C=O) groups excluding carboxylic acids is 1. The van der Waals surface area contributed by atoms with Crippen LogP contribution in [0, 0.1) is 3.57 Å². The number of rotatable bonds is 5. The number of nitrogens with two attached hydrogens (primary N) is 1. The summed E-state index contributed by atoms with van der Waals surface area (Å²) in [6.45, 7) is 2.43. The molecule has 0 saturated heterocycles. The van der Waals surface area contributed by atoms with Crippen molar-refractivity contribution in [3.63, 3.8) is 0 Å². The highest BCUT2D eigenvalue weighted by atomic mass is 127. The molecule has 0 aromatic heterocycles. The normalized spacial score (nSPS) is 12.0. The van der Waals surface area contributed by atoms with Gasteiger partial charge >= 0.3 is 0 Å². The van der Waals surface area contributed by atoms with Crippen molar-refractivity contribution in [1.29, 1.82) is 0 Å².